The van der Waals surface area contributed by atoms with Crippen molar-refractivity contribution >= 4 is 11.0 Å². The van der Waals surface area contributed by atoms with Crippen molar-refractivity contribution in [3.63, 3.8) is 0 Å². The van der Waals surface area contributed by atoms with Crippen LogP contribution in [0.5, 0.6) is 0 Å². The summed E-state index contributed by atoms with van der Waals surface area (Å²) in [6.07, 6.45) is 0. The van der Waals surface area contributed by atoms with Crippen LogP contribution in [0.1, 0.15) is 11.4 Å². The van der Waals surface area contributed by atoms with E-state index in [9.17, 15) is 5.11 Å². The molecule has 0 radical (unpaired) electrons. The van der Waals surface area contributed by atoms with Crippen LogP contribution in [-0.2, 0) is 13.1 Å². The van der Waals surface area contributed by atoms with Gasteiger partial charge in [-0.15, -0.1) is 0 Å². The molecule has 120 valence electrons. The van der Waals surface area contributed by atoms with Crippen molar-refractivity contribution in [2.75, 3.05) is 19.7 Å². The van der Waals surface area contributed by atoms with Crippen LogP contribution in [0.3, 0.4) is 0 Å². The maximum atomic E-state index is 9.34. The highest BCUT2D eigenvalue weighted by molar-refractivity contribution is 5.75. The first kappa shape index (κ1) is 15.7. The van der Waals surface area contributed by atoms with E-state index in [1.54, 1.807) is 0 Å². The molecule has 3 rings (SSSR count). The van der Waals surface area contributed by atoms with Gasteiger partial charge in [-0.1, -0.05) is 42.5 Å². The zero-order valence-electron chi connectivity index (χ0n) is 13.5. The molecule has 0 aliphatic carbocycles. The number of para-hydroxylation sites is 2. The van der Waals surface area contributed by atoms with Crippen molar-refractivity contribution in [2.45, 2.75) is 20.0 Å². The van der Waals surface area contributed by atoms with Crippen LogP contribution in [0.4, 0.5) is 0 Å². The molecule has 23 heavy (non-hydrogen) atoms. The summed E-state index contributed by atoms with van der Waals surface area (Å²) >= 11 is 0. The van der Waals surface area contributed by atoms with Gasteiger partial charge < -0.3 is 9.67 Å². The molecule has 0 spiro atoms. The molecule has 0 saturated heterocycles. The van der Waals surface area contributed by atoms with Gasteiger partial charge >= 0.3 is 0 Å². The fraction of sp³-hybridized carbons (Fsp3) is 0.316. The molecule has 0 atom stereocenters. The van der Waals surface area contributed by atoms with E-state index in [0.717, 1.165) is 31.0 Å². The number of rotatable bonds is 7. The van der Waals surface area contributed by atoms with Gasteiger partial charge in [0.15, 0.2) is 0 Å². The van der Waals surface area contributed by atoms with Gasteiger partial charge in [-0.2, -0.15) is 0 Å². The predicted molar refractivity (Wildman–Crippen MR) is 93.3 cm³/mol. The van der Waals surface area contributed by atoms with Crippen LogP contribution in [0, 0.1) is 6.92 Å². The van der Waals surface area contributed by atoms with Crippen LogP contribution in [0.25, 0.3) is 11.0 Å². The number of imidazole rings is 1. The monoisotopic (exact) mass is 309 g/mol. The number of hydrogen-bond acceptors (Lipinski definition) is 3. The number of hydrogen-bond donors (Lipinski definition) is 1. The van der Waals surface area contributed by atoms with E-state index in [2.05, 4.69) is 50.8 Å². The summed E-state index contributed by atoms with van der Waals surface area (Å²) in [4.78, 5) is 6.90. The van der Waals surface area contributed by atoms with Crippen LogP contribution in [-0.4, -0.2) is 39.3 Å². The summed E-state index contributed by atoms with van der Waals surface area (Å²) in [6, 6.07) is 18.6. The van der Waals surface area contributed by atoms with E-state index < -0.39 is 0 Å². The van der Waals surface area contributed by atoms with E-state index in [-0.39, 0.29) is 6.61 Å². The Labute approximate surface area is 137 Å². The van der Waals surface area contributed by atoms with E-state index >= 15 is 0 Å². The Bertz CT molecular complexity index is 752. The summed E-state index contributed by atoms with van der Waals surface area (Å²) in [7, 11) is 0. The van der Waals surface area contributed by atoms with E-state index in [0.29, 0.717) is 6.54 Å². The predicted octanol–water partition coefficient (Wildman–Crippen LogP) is 2.84. The largest absolute Gasteiger partial charge is 0.395 e. The number of aromatic nitrogens is 2. The fourth-order valence-corrected chi connectivity index (χ4v) is 2.97. The molecule has 0 unspecified atom stereocenters. The quantitative estimate of drug-likeness (QED) is 0.729. The normalized spacial score (nSPS) is 11.4. The van der Waals surface area contributed by atoms with Crippen molar-refractivity contribution in [3.8, 4) is 0 Å². The van der Waals surface area contributed by atoms with Gasteiger partial charge in [0.1, 0.15) is 5.82 Å². The molecule has 1 aromatic heterocycles. The second-order valence-electron chi connectivity index (χ2n) is 5.78. The zero-order valence-corrected chi connectivity index (χ0v) is 13.5. The van der Waals surface area contributed by atoms with Crippen molar-refractivity contribution in [3.05, 3.63) is 66.0 Å². The lowest BCUT2D eigenvalue weighted by Crippen LogP contribution is -2.30. The van der Waals surface area contributed by atoms with E-state index in [1.165, 1.54) is 11.1 Å². The first-order valence-corrected chi connectivity index (χ1v) is 8.07. The number of benzene rings is 2. The fourth-order valence-electron chi connectivity index (χ4n) is 2.97. The molecule has 4 nitrogen and oxygen atoms in total. The van der Waals surface area contributed by atoms with Crippen molar-refractivity contribution in [1.29, 1.82) is 0 Å². The summed E-state index contributed by atoms with van der Waals surface area (Å²) in [5, 5.41) is 9.34. The molecule has 1 N–H and O–H groups in total. The lowest BCUT2D eigenvalue weighted by Gasteiger charge is -2.22. The third-order valence-corrected chi connectivity index (χ3v) is 4.15. The summed E-state index contributed by atoms with van der Waals surface area (Å²) < 4.78 is 2.25. The highest BCUT2D eigenvalue weighted by Crippen LogP contribution is 2.15. The van der Waals surface area contributed by atoms with Crippen molar-refractivity contribution in [1.82, 2.24) is 14.5 Å². The summed E-state index contributed by atoms with van der Waals surface area (Å²) in [6.45, 7) is 5.52. The Kier molecular flexibility index (Phi) is 5.05. The van der Waals surface area contributed by atoms with Gasteiger partial charge in [0.05, 0.1) is 17.6 Å². The average Bonchev–Trinajstić information content (AvgIpc) is 2.89. The molecule has 1 heterocycles. The average molecular weight is 309 g/mol. The SMILES string of the molecule is Cc1nc2ccccc2n1CCN(CCO)Cc1ccccc1. The first-order valence-electron chi connectivity index (χ1n) is 8.07. The second-order valence-corrected chi connectivity index (χ2v) is 5.78. The Morgan fingerprint density at radius 2 is 1.74 bits per heavy atom. The van der Waals surface area contributed by atoms with Gasteiger partial charge in [-0.25, -0.2) is 4.98 Å². The highest BCUT2D eigenvalue weighted by Gasteiger charge is 2.10. The zero-order chi connectivity index (χ0) is 16.1. The Morgan fingerprint density at radius 3 is 2.52 bits per heavy atom. The van der Waals surface area contributed by atoms with Crippen molar-refractivity contribution < 1.29 is 5.11 Å². The lowest BCUT2D eigenvalue weighted by molar-refractivity contribution is 0.185. The molecule has 0 aliphatic rings. The Morgan fingerprint density at radius 1 is 1.00 bits per heavy atom. The Hall–Kier alpha value is -2.17. The number of nitrogens with zero attached hydrogens (tertiary/aromatic N) is 3. The molecular formula is C19H23N3O. The van der Waals surface area contributed by atoms with Crippen LogP contribution < -0.4 is 0 Å². The summed E-state index contributed by atoms with van der Waals surface area (Å²) in [5.74, 6) is 1.04. The van der Waals surface area contributed by atoms with Crippen molar-refractivity contribution in [2.24, 2.45) is 0 Å². The second kappa shape index (κ2) is 7.40. The molecule has 0 aliphatic heterocycles. The number of aliphatic hydroxyl groups is 1. The van der Waals surface area contributed by atoms with E-state index in [4.69, 9.17) is 0 Å². The van der Waals surface area contributed by atoms with Crippen LogP contribution >= 0.6 is 0 Å². The van der Waals surface area contributed by atoms with Gasteiger partial charge in [0.25, 0.3) is 0 Å². The topological polar surface area (TPSA) is 41.3 Å². The molecule has 4 heteroatoms. The number of aliphatic hydroxyl groups excluding tert-OH is 1. The minimum atomic E-state index is 0.177. The number of aryl methyl sites for hydroxylation is 1. The van der Waals surface area contributed by atoms with Gasteiger partial charge in [0.2, 0.25) is 0 Å². The lowest BCUT2D eigenvalue weighted by atomic mass is 10.2. The molecule has 0 fully saturated rings. The maximum Gasteiger partial charge on any atom is 0.106 e. The van der Waals surface area contributed by atoms with Crippen LogP contribution in [0.15, 0.2) is 54.6 Å². The third-order valence-electron chi connectivity index (χ3n) is 4.15. The molecular weight excluding hydrogens is 286 g/mol. The first-order chi connectivity index (χ1) is 11.3. The molecule has 0 saturated carbocycles. The van der Waals surface area contributed by atoms with Gasteiger partial charge in [-0.05, 0) is 24.6 Å². The summed E-state index contributed by atoms with van der Waals surface area (Å²) in [5.41, 5.74) is 3.49. The molecule has 0 amide bonds. The highest BCUT2D eigenvalue weighted by atomic mass is 16.3. The Balaban J connectivity index is 1.72. The van der Waals surface area contributed by atoms with Crippen LogP contribution in [0.2, 0.25) is 0 Å². The van der Waals surface area contributed by atoms with Gasteiger partial charge in [0, 0.05) is 26.2 Å². The smallest absolute Gasteiger partial charge is 0.106 e. The standard InChI is InChI=1S/C19H23N3O/c1-16-20-18-9-5-6-10-19(18)22(16)12-11-21(13-14-23)15-17-7-3-2-4-8-17/h2-10,23H,11-15H2,1H3. The number of fused-ring (bicyclic) bond motifs is 1. The minimum Gasteiger partial charge on any atom is -0.395 e. The van der Waals surface area contributed by atoms with Gasteiger partial charge in [-0.3, -0.25) is 4.90 Å². The molecule has 2 aromatic carbocycles. The maximum absolute atomic E-state index is 9.34. The minimum absolute atomic E-state index is 0.177. The molecule has 3 aromatic rings. The van der Waals surface area contributed by atoms with E-state index in [1.807, 2.05) is 25.1 Å². The third kappa shape index (κ3) is 3.78. The molecule has 0 bridgehead atoms.